The van der Waals surface area contributed by atoms with Crippen molar-refractivity contribution >= 4 is 49.6 Å². The molecule has 0 aliphatic rings. The minimum absolute atomic E-state index is 0.0182. The van der Waals surface area contributed by atoms with Crippen LogP contribution in [0.2, 0.25) is 0 Å². The number of hydrogen-bond acceptors (Lipinski definition) is 4. The Morgan fingerprint density at radius 3 is 2.15 bits per heavy atom. The summed E-state index contributed by atoms with van der Waals surface area (Å²) in [5.74, 6) is -1.72. The topological polar surface area (TPSA) is 113 Å². The summed E-state index contributed by atoms with van der Waals surface area (Å²) in [6.45, 7) is 3.66. The van der Waals surface area contributed by atoms with Gasteiger partial charge in [-0.25, -0.2) is 8.42 Å². The monoisotopic (exact) mass is 604 g/mol. The molecule has 0 heterocycles. The number of sulfonamides is 1. The number of hydrogen-bond donors (Lipinski definition) is 3. The maximum Gasteiger partial charge on any atom is 0.305 e. The molecule has 0 aromatic heterocycles. The van der Waals surface area contributed by atoms with E-state index in [-0.39, 0.29) is 22.6 Å². The van der Waals surface area contributed by atoms with Gasteiger partial charge in [-0.05, 0) is 52.6 Å². The fourth-order valence-corrected chi connectivity index (χ4v) is 5.42. The highest BCUT2D eigenvalue weighted by Crippen LogP contribution is 2.27. The Labute approximate surface area is 235 Å². The van der Waals surface area contributed by atoms with Crippen LogP contribution in [0.4, 0.5) is 5.69 Å². The van der Waals surface area contributed by atoms with Crippen molar-refractivity contribution in [3.05, 3.63) is 125 Å². The van der Waals surface area contributed by atoms with E-state index in [2.05, 4.69) is 32.5 Å². The molecule has 39 heavy (non-hydrogen) atoms. The van der Waals surface area contributed by atoms with Crippen LogP contribution in [0.3, 0.4) is 0 Å². The molecule has 0 fully saturated rings. The predicted molar refractivity (Wildman–Crippen MR) is 156 cm³/mol. The highest BCUT2D eigenvalue weighted by molar-refractivity contribution is 9.10. The molecule has 0 bridgehead atoms. The molecule has 7 nitrogen and oxygen atoms in total. The second kappa shape index (κ2) is 12.1. The molecule has 198 valence electrons. The molecular weight excluding hydrogens is 580 g/mol. The lowest BCUT2D eigenvalue weighted by Crippen LogP contribution is -2.31. The van der Waals surface area contributed by atoms with E-state index in [1.54, 1.807) is 36.4 Å². The van der Waals surface area contributed by atoms with Gasteiger partial charge in [-0.15, -0.1) is 0 Å². The van der Waals surface area contributed by atoms with E-state index in [0.717, 1.165) is 16.7 Å². The lowest BCUT2D eigenvalue weighted by molar-refractivity contribution is -0.137. The number of carbonyl (C=O) groups excluding carboxylic acids is 1. The van der Waals surface area contributed by atoms with Gasteiger partial charge in [0, 0.05) is 4.47 Å². The molecule has 0 aliphatic heterocycles. The highest BCUT2D eigenvalue weighted by Gasteiger charge is 2.23. The van der Waals surface area contributed by atoms with Crippen LogP contribution >= 0.6 is 15.9 Å². The third kappa shape index (κ3) is 7.01. The first-order valence-corrected chi connectivity index (χ1v) is 14.2. The molecule has 3 N–H and O–H groups in total. The average molecular weight is 606 g/mol. The average Bonchev–Trinajstić information content (AvgIpc) is 2.94. The first kappa shape index (κ1) is 27.8. The molecule has 0 aliphatic carbocycles. The maximum atomic E-state index is 13.4. The van der Waals surface area contributed by atoms with Crippen LogP contribution < -0.4 is 10.0 Å². The van der Waals surface area contributed by atoms with Crippen molar-refractivity contribution in [1.82, 2.24) is 5.32 Å². The quantitative estimate of drug-likeness (QED) is 0.191. The van der Waals surface area contributed by atoms with Crippen molar-refractivity contribution in [3.63, 3.8) is 0 Å². The number of carboxylic acid groups (broad SMARTS) is 1. The Morgan fingerprint density at radius 2 is 1.54 bits per heavy atom. The first-order valence-electron chi connectivity index (χ1n) is 11.9. The number of benzene rings is 4. The molecule has 1 amide bonds. The lowest BCUT2D eigenvalue weighted by atomic mass is 9.98. The summed E-state index contributed by atoms with van der Waals surface area (Å²) in [7, 11) is -4.01. The SMILES string of the molecule is C=Cc1ccc(S(=O)(=O)Nc2ccc(Br)cc2C(=O)NC(CC(=O)O)c2ccc(-c3ccccc3)cc2)cc1. The molecule has 0 spiro atoms. The van der Waals surface area contributed by atoms with Crippen molar-refractivity contribution < 1.29 is 23.1 Å². The Hall–Kier alpha value is -4.21. The van der Waals surface area contributed by atoms with Crippen LogP contribution in [0.5, 0.6) is 0 Å². The van der Waals surface area contributed by atoms with Crippen molar-refractivity contribution in [2.75, 3.05) is 4.72 Å². The fraction of sp³-hybridized carbons (Fsp3) is 0.0667. The Balaban J connectivity index is 1.60. The van der Waals surface area contributed by atoms with Crippen LogP contribution in [0.25, 0.3) is 17.2 Å². The first-order chi connectivity index (χ1) is 18.7. The Bertz CT molecular complexity index is 1600. The van der Waals surface area contributed by atoms with Gasteiger partial charge in [0.15, 0.2) is 0 Å². The number of anilines is 1. The van der Waals surface area contributed by atoms with E-state index in [9.17, 15) is 23.1 Å². The second-order valence-electron chi connectivity index (χ2n) is 8.68. The van der Waals surface area contributed by atoms with Crippen molar-refractivity contribution in [3.8, 4) is 11.1 Å². The number of amides is 1. The minimum atomic E-state index is -4.01. The van der Waals surface area contributed by atoms with Gasteiger partial charge in [0.1, 0.15) is 0 Å². The molecule has 0 saturated heterocycles. The van der Waals surface area contributed by atoms with Crippen molar-refractivity contribution in [2.45, 2.75) is 17.4 Å². The number of nitrogens with one attached hydrogen (secondary N) is 2. The Kier molecular flexibility index (Phi) is 8.63. The fourth-order valence-electron chi connectivity index (χ4n) is 3.98. The summed E-state index contributed by atoms with van der Waals surface area (Å²) >= 11 is 3.33. The zero-order valence-corrected chi connectivity index (χ0v) is 23.1. The molecule has 0 radical (unpaired) electrons. The van der Waals surface area contributed by atoms with Gasteiger partial charge in [0.05, 0.1) is 28.6 Å². The van der Waals surface area contributed by atoms with Gasteiger partial charge >= 0.3 is 5.97 Å². The van der Waals surface area contributed by atoms with Gasteiger partial charge in [0.25, 0.3) is 15.9 Å². The van der Waals surface area contributed by atoms with Crippen LogP contribution in [0, 0.1) is 0 Å². The summed E-state index contributed by atoms with van der Waals surface area (Å²) < 4.78 is 29.1. The normalized spacial score (nSPS) is 11.8. The molecule has 0 saturated carbocycles. The zero-order valence-electron chi connectivity index (χ0n) is 20.7. The standard InChI is InChI=1S/C30H25BrN2O5S/c1-2-20-8-15-25(16-9-20)39(37,38)33-27-17-14-24(31)18-26(27)30(36)32-28(19-29(34)35)23-12-10-22(11-13-23)21-6-4-3-5-7-21/h2-18,28,33H,1,19H2,(H,32,36)(H,34,35). The third-order valence-corrected chi connectivity index (χ3v) is 7.88. The van der Waals surface area contributed by atoms with Crippen molar-refractivity contribution in [1.29, 1.82) is 0 Å². The largest absolute Gasteiger partial charge is 0.481 e. The summed E-state index contributed by atoms with van der Waals surface area (Å²) in [6, 6.07) is 26.8. The van der Waals surface area contributed by atoms with E-state index in [1.165, 1.54) is 24.3 Å². The molecular formula is C30H25BrN2O5S. The predicted octanol–water partition coefficient (Wildman–Crippen LogP) is 6.51. The number of aliphatic carboxylic acids is 1. The summed E-state index contributed by atoms with van der Waals surface area (Å²) in [6.07, 6.45) is 1.24. The van der Waals surface area contributed by atoms with E-state index in [4.69, 9.17) is 0 Å². The number of carboxylic acids is 1. The van der Waals surface area contributed by atoms with E-state index in [0.29, 0.717) is 10.0 Å². The van der Waals surface area contributed by atoms with Gasteiger partial charge in [-0.2, -0.15) is 0 Å². The van der Waals surface area contributed by atoms with E-state index < -0.39 is 27.9 Å². The van der Waals surface area contributed by atoms with Crippen LogP contribution in [-0.4, -0.2) is 25.4 Å². The van der Waals surface area contributed by atoms with E-state index in [1.807, 2.05) is 42.5 Å². The number of halogens is 1. The molecule has 4 aromatic carbocycles. The zero-order chi connectivity index (χ0) is 28.0. The van der Waals surface area contributed by atoms with Crippen LogP contribution in [0.1, 0.15) is 33.9 Å². The van der Waals surface area contributed by atoms with Gasteiger partial charge < -0.3 is 10.4 Å². The van der Waals surface area contributed by atoms with Gasteiger partial charge in [-0.3, -0.25) is 14.3 Å². The van der Waals surface area contributed by atoms with E-state index >= 15 is 0 Å². The number of rotatable bonds is 10. The highest BCUT2D eigenvalue weighted by atomic mass is 79.9. The molecule has 1 unspecified atom stereocenters. The van der Waals surface area contributed by atoms with Gasteiger partial charge in [-0.1, -0.05) is 95.3 Å². The van der Waals surface area contributed by atoms with Crippen LogP contribution in [-0.2, 0) is 14.8 Å². The lowest BCUT2D eigenvalue weighted by Gasteiger charge is -2.20. The molecule has 9 heteroatoms. The summed E-state index contributed by atoms with van der Waals surface area (Å²) in [4.78, 5) is 25.1. The molecule has 4 rings (SSSR count). The summed E-state index contributed by atoms with van der Waals surface area (Å²) in [5, 5.41) is 12.3. The molecule has 4 aromatic rings. The number of carbonyl (C=O) groups is 2. The maximum absolute atomic E-state index is 13.4. The van der Waals surface area contributed by atoms with Crippen LogP contribution in [0.15, 0.2) is 113 Å². The second-order valence-corrected chi connectivity index (χ2v) is 11.3. The Morgan fingerprint density at radius 1 is 0.897 bits per heavy atom. The minimum Gasteiger partial charge on any atom is -0.481 e. The third-order valence-electron chi connectivity index (χ3n) is 6.00. The smallest absolute Gasteiger partial charge is 0.305 e. The summed E-state index contributed by atoms with van der Waals surface area (Å²) in [5.41, 5.74) is 3.41. The van der Waals surface area contributed by atoms with Crippen molar-refractivity contribution in [2.24, 2.45) is 0 Å². The van der Waals surface area contributed by atoms with Gasteiger partial charge in [0.2, 0.25) is 0 Å². The molecule has 1 atom stereocenters.